The zero-order valence-electron chi connectivity index (χ0n) is 30.2. The molecular formula is C51H32N4S. The van der Waals surface area contributed by atoms with Gasteiger partial charge in [0.25, 0.3) is 0 Å². The van der Waals surface area contributed by atoms with Gasteiger partial charge in [0, 0.05) is 48.6 Å². The van der Waals surface area contributed by atoms with E-state index in [1.54, 1.807) is 0 Å². The zero-order chi connectivity index (χ0) is 37.0. The highest BCUT2D eigenvalue weighted by atomic mass is 32.1. The summed E-state index contributed by atoms with van der Waals surface area (Å²) in [5.41, 5.74) is 10.9. The van der Waals surface area contributed by atoms with Crippen LogP contribution in [0.25, 0.3) is 104 Å². The minimum atomic E-state index is 0.633. The van der Waals surface area contributed by atoms with E-state index in [1.165, 1.54) is 47.5 Å². The largest absolute Gasteiger partial charge is 0.308 e. The lowest BCUT2D eigenvalue weighted by Crippen LogP contribution is -2.00. The SMILES string of the molecule is c1ccc(-c2ccc(-c3nc(-c4ccccc4)nc(-c4cccc(-c5cccc(-n6c7ccccc7c7ccc8c9ccccc9sc8c76)c5)c4)n3)cc2)cc1. The van der Waals surface area contributed by atoms with Crippen molar-refractivity contribution in [3.8, 4) is 62.1 Å². The fraction of sp³-hybridized carbons (Fsp3) is 0. The summed E-state index contributed by atoms with van der Waals surface area (Å²) >= 11 is 1.87. The molecule has 0 radical (unpaired) electrons. The van der Waals surface area contributed by atoms with E-state index in [2.05, 4.69) is 162 Å². The van der Waals surface area contributed by atoms with Crippen molar-refractivity contribution >= 4 is 53.3 Å². The second kappa shape index (κ2) is 13.3. The van der Waals surface area contributed by atoms with E-state index in [0.717, 1.165) is 39.1 Å². The second-order valence-corrected chi connectivity index (χ2v) is 15.1. The van der Waals surface area contributed by atoms with Crippen molar-refractivity contribution in [3.05, 3.63) is 194 Å². The summed E-state index contributed by atoms with van der Waals surface area (Å²) in [4.78, 5) is 15.1. The number of thiophene rings is 1. The number of nitrogens with zero attached hydrogens (tertiary/aromatic N) is 4. The predicted molar refractivity (Wildman–Crippen MR) is 234 cm³/mol. The third-order valence-electron chi connectivity index (χ3n) is 10.7. The van der Waals surface area contributed by atoms with Gasteiger partial charge in [0.05, 0.1) is 15.7 Å². The number of hydrogen-bond acceptors (Lipinski definition) is 4. The van der Waals surface area contributed by atoms with E-state index in [-0.39, 0.29) is 0 Å². The quantitative estimate of drug-likeness (QED) is 0.171. The Morgan fingerprint density at radius 1 is 0.339 bits per heavy atom. The highest BCUT2D eigenvalue weighted by molar-refractivity contribution is 7.26. The predicted octanol–water partition coefficient (Wildman–Crippen LogP) is 13.7. The molecule has 0 saturated carbocycles. The smallest absolute Gasteiger partial charge is 0.164 e. The summed E-state index contributed by atoms with van der Waals surface area (Å²) in [5, 5.41) is 5.12. The highest BCUT2D eigenvalue weighted by Crippen LogP contribution is 2.43. The molecule has 0 amide bonds. The Morgan fingerprint density at radius 2 is 0.857 bits per heavy atom. The Balaban J connectivity index is 1.03. The van der Waals surface area contributed by atoms with Crippen LogP contribution < -0.4 is 0 Å². The van der Waals surface area contributed by atoms with Crippen molar-refractivity contribution in [2.24, 2.45) is 0 Å². The first kappa shape index (κ1) is 32.2. The Morgan fingerprint density at radius 3 is 1.62 bits per heavy atom. The van der Waals surface area contributed by atoms with Crippen LogP contribution in [-0.2, 0) is 0 Å². The fourth-order valence-corrected chi connectivity index (χ4v) is 9.19. The molecule has 0 atom stereocenters. The highest BCUT2D eigenvalue weighted by Gasteiger charge is 2.18. The van der Waals surface area contributed by atoms with Gasteiger partial charge in [-0.1, -0.05) is 164 Å². The van der Waals surface area contributed by atoms with E-state index in [4.69, 9.17) is 15.0 Å². The van der Waals surface area contributed by atoms with Crippen molar-refractivity contribution in [2.75, 3.05) is 0 Å². The molecular weight excluding hydrogens is 701 g/mol. The van der Waals surface area contributed by atoms with Crippen LogP contribution >= 0.6 is 11.3 Å². The third kappa shape index (κ3) is 5.48. The normalized spacial score (nSPS) is 11.6. The van der Waals surface area contributed by atoms with Crippen molar-refractivity contribution in [1.82, 2.24) is 19.5 Å². The number of hydrogen-bond donors (Lipinski definition) is 0. The van der Waals surface area contributed by atoms with Crippen LogP contribution in [0, 0.1) is 0 Å². The van der Waals surface area contributed by atoms with Gasteiger partial charge in [-0.05, 0) is 52.6 Å². The monoisotopic (exact) mass is 732 g/mol. The van der Waals surface area contributed by atoms with E-state index in [0.29, 0.717) is 17.5 Å². The molecule has 8 aromatic carbocycles. The number of fused-ring (bicyclic) bond motifs is 7. The van der Waals surface area contributed by atoms with E-state index < -0.39 is 0 Å². The van der Waals surface area contributed by atoms with Crippen LogP contribution in [0.1, 0.15) is 0 Å². The summed E-state index contributed by atoms with van der Waals surface area (Å²) in [6.07, 6.45) is 0. The van der Waals surface area contributed by atoms with Gasteiger partial charge in [-0.25, -0.2) is 15.0 Å². The van der Waals surface area contributed by atoms with Gasteiger partial charge in [-0.3, -0.25) is 0 Å². The maximum absolute atomic E-state index is 5.08. The Bertz CT molecular complexity index is 3240. The number of para-hydroxylation sites is 1. The average molecular weight is 733 g/mol. The number of aromatic nitrogens is 4. The van der Waals surface area contributed by atoms with Gasteiger partial charge in [-0.2, -0.15) is 0 Å². The Hall–Kier alpha value is -7.21. The lowest BCUT2D eigenvalue weighted by molar-refractivity contribution is 1.07. The van der Waals surface area contributed by atoms with Gasteiger partial charge in [-0.15, -0.1) is 11.3 Å². The molecule has 11 aromatic rings. The second-order valence-electron chi connectivity index (χ2n) is 14.0. The molecule has 262 valence electrons. The molecule has 0 aliphatic rings. The molecule has 4 nitrogen and oxygen atoms in total. The first-order valence-corrected chi connectivity index (χ1v) is 19.6. The van der Waals surface area contributed by atoms with Gasteiger partial charge in [0.1, 0.15) is 0 Å². The maximum Gasteiger partial charge on any atom is 0.164 e. The Labute approximate surface area is 327 Å². The van der Waals surface area contributed by atoms with Crippen molar-refractivity contribution < 1.29 is 0 Å². The van der Waals surface area contributed by atoms with E-state index in [9.17, 15) is 0 Å². The number of benzene rings is 8. The van der Waals surface area contributed by atoms with E-state index >= 15 is 0 Å². The van der Waals surface area contributed by atoms with E-state index in [1.807, 2.05) is 47.7 Å². The van der Waals surface area contributed by atoms with Crippen LogP contribution in [0.5, 0.6) is 0 Å². The molecule has 0 bridgehead atoms. The van der Waals surface area contributed by atoms with Gasteiger partial charge in [0.2, 0.25) is 0 Å². The van der Waals surface area contributed by atoms with Gasteiger partial charge >= 0.3 is 0 Å². The first-order valence-electron chi connectivity index (χ1n) is 18.8. The number of rotatable bonds is 6. The molecule has 0 aliphatic heterocycles. The van der Waals surface area contributed by atoms with Crippen LogP contribution in [-0.4, -0.2) is 19.5 Å². The summed E-state index contributed by atoms with van der Waals surface area (Å²) in [5.74, 6) is 1.91. The molecule has 5 heteroatoms. The van der Waals surface area contributed by atoms with Gasteiger partial charge < -0.3 is 4.57 Å². The molecule has 0 spiro atoms. The van der Waals surface area contributed by atoms with Crippen LogP contribution in [0.15, 0.2) is 194 Å². The fourth-order valence-electron chi connectivity index (χ4n) is 7.95. The van der Waals surface area contributed by atoms with Crippen molar-refractivity contribution in [2.45, 2.75) is 0 Å². The van der Waals surface area contributed by atoms with Crippen molar-refractivity contribution in [1.29, 1.82) is 0 Å². The molecule has 56 heavy (non-hydrogen) atoms. The topological polar surface area (TPSA) is 43.6 Å². The standard InChI is InChI=1S/C51H32N4S/c1-3-13-33(14-4-1)34-25-27-36(28-26-34)50-52-49(35-15-5-2-6-16-35)53-51(54-50)39-19-11-17-37(31-39)38-18-12-20-40(32-38)55-45-23-9-7-21-41(45)43-29-30-44-42-22-8-10-24-46(42)56-48(44)47(43)55/h1-32H. The molecule has 0 fully saturated rings. The van der Waals surface area contributed by atoms with Crippen molar-refractivity contribution in [3.63, 3.8) is 0 Å². The lowest BCUT2D eigenvalue weighted by atomic mass is 10.0. The molecule has 0 aliphatic carbocycles. The third-order valence-corrected chi connectivity index (χ3v) is 11.8. The molecule has 0 unspecified atom stereocenters. The maximum atomic E-state index is 5.08. The summed E-state index contributed by atoms with van der Waals surface area (Å²) in [6.45, 7) is 0. The first-order chi connectivity index (χ1) is 27.7. The van der Waals surface area contributed by atoms with Crippen LogP contribution in [0.2, 0.25) is 0 Å². The molecule has 3 aromatic heterocycles. The molecule has 0 saturated heterocycles. The minimum Gasteiger partial charge on any atom is -0.308 e. The summed E-state index contributed by atoms with van der Waals surface area (Å²) in [6, 6.07) is 68.5. The van der Waals surface area contributed by atoms with Crippen LogP contribution in [0.4, 0.5) is 0 Å². The Kier molecular flexibility index (Phi) is 7.64. The molecule has 0 N–H and O–H groups in total. The summed E-state index contributed by atoms with van der Waals surface area (Å²) in [7, 11) is 0. The average Bonchev–Trinajstić information content (AvgIpc) is 3.83. The van der Waals surface area contributed by atoms with Gasteiger partial charge in [0.15, 0.2) is 17.5 Å². The molecule has 3 heterocycles. The lowest BCUT2D eigenvalue weighted by Gasteiger charge is -2.12. The summed E-state index contributed by atoms with van der Waals surface area (Å²) < 4.78 is 5.06. The minimum absolute atomic E-state index is 0.633. The molecule has 11 rings (SSSR count). The zero-order valence-corrected chi connectivity index (χ0v) is 31.0. The van der Waals surface area contributed by atoms with Crippen LogP contribution in [0.3, 0.4) is 0 Å².